The molecule has 1 aliphatic carbocycles. The summed E-state index contributed by atoms with van der Waals surface area (Å²) in [5.74, 6) is -3.96. The number of halogens is 4. The van der Waals surface area contributed by atoms with Crippen LogP contribution in [0.3, 0.4) is 0 Å². The highest BCUT2D eigenvalue weighted by atomic mass is 19.2. The van der Waals surface area contributed by atoms with Crippen molar-refractivity contribution in [3.8, 4) is 28.0 Å². The van der Waals surface area contributed by atoms with Gasteiger partial charge in [0.05, 0.1) is 12.7 Å². The van der Waals surface area contributed by atoms with E-state index in [4.69, 9.17) is 9.47 Å². The highest BCUT2D eigenvalue weighted by molar-refractivity contribution is 5.74. The van der Waals surface area contributed by atoms with Gasteiger partial charge in [-0.1, -0.05) is 75.6 Å². The maximum absolute atomic E-state index is 15.2. The molecule has 39 heavy (non-hydrogen) atoms. The number of allylic oxidation sites excluding steroid dienone is 1. The summed E-state index contributed by atoms with van der Waals surface area (Å²) in [7, 11) is 0. The molecule has 0 fully saturated rings. The Morgan fingerprint density at radius 3 is 1.87 bits per heavy atom. The van der Waals surface area contributed by atoms with Crippen molar-refractivity contribution in [1.82, 2.24) is 0 Å². The Balaban J connectivity index is 1.48. The molecule has 0 N–H and O–H groups in total. The van der Waals surface area contributed by atoms with Crippen molar-refractivity contribution in [1.29, 1.82) is 0 Å². The fourth-order valence-corrected chi connectivity index (χ4v) is 4.85. The van der Waals surface area contributed by atoms with Gasteiger partial charge in [-0.3, -0.25) is 0 Å². The summed E-state index contributed by atoms with van der Waals surface area (Å²) in [6, 6.07) is 12.4. The zero-order valence-corrected chi connectivity index (χ0v) is 22.7. The molecular weight excluding hydrogens is 504 g/mol. The molecule has 2 nitrogen and oxygen atoms in total. The first-order valence-electron chi connectivity index (χ1n) is 13.9. The van der Waals surface area contributed by atoms with Crippen LogP contribution in [0.1, 0.15) is 70.8 Å². The third-order valence-electron chi connectivity index (χ3n) is 7.20. The topological polar surface area (TPSA) is 18.5 Å². The first-order valence-corrected chi connectivity index (χ1v) is 13.9. The SMILES string of the molecule is CCCCCOc1ccc(-c2ccc(-c3ccc(C4=CCC(OCCCC)CC4)c(F)c3F)cc2)c(F)c1F. The summed E-state index contributed by atoms with van der Waals surface area (Å²) in [6.07, 6.45) is 8.98. The van der Waals surface area contributed by atoms with Crippen LogP contribution in [-0.2, 0) is 4.74 Å². The second-order valence-electron chi connectivity index (χ2n) is 10.0. The van der Waals surface area contributed by atoms with Crippen LogP contribution in [0.2, 0.25) is 0 Å². The predicted octanol–water partition coefficient (Wildman–Crippen LogP) is 9.90. The van der Waals surface area contributed by atoms with E-state index in [-0.39, 0.29) is 28.5 Å². The fourth-order valence-electron chi connectivity index (χ4n) is 4.85. The number of unbranched alkanes of at least 4 members (excludes halogenated alkanes) is 3. The Morgan fingerprint density at radius 2 is 1.26 bits per heavy atom. The van der Waals surface area contributed by atoms with Gasteiger partial charge in [0, 0.05) is 23.3 Å². The van der Waals surface area contributed by atoms with Crippen molar-refractivity contribution >= 4 is 5.57 Å². The molecule has 0 amide bonds. The van der Waals surface area contributed by atoms with Crippen LogP contribution in [0, 0.1) is 23.3 Å². The van der Waals surface area contributed by atoms with Crippen LogP contribution >= 0.6 is 0 Å². The molecule has 1 unspecified atom stereocenters. The van der Waals surface area contributed by atoms with E-state index in [1.807, 2.05) is 6.08 Å². The Morgan fingerprint density at radius 1 is 0.667 bits per heavy atom. The summed E-state index contributed by atoms with van der Waals surface area (Å²) >= 11 is 0. The fraction of sp³-hybridized carbons (Fsp3) is 0.394. The summed E-state index contributed by atoms with van der Waals surface area (Å²) in [6.45, 7) is 5.21. The normalized spacial score (nSPS) is 15.3. The molecule has 3 aromatic carbocycles. The van der Waals surface area contributed by atoms with E-state index in [1.54, 1.807) is 36.4 Å². The molecule has 0 heterocycles. The van der Waals surface area contributed by atoms with E-state index in [9.17, 15) is 8.78 Å². The lowest BCUT2D eigenvalue weighted by molar-refractivity contribution is 0.0466. The highest BCUT2D eigenvalue weighted by Crippen LogP contribution is 2.36. The average molecular weight is 541 g/mol. The number of benzene rings is 3. The minimum atomic E-state index is -1.03. The van der Waals surface area contributed by atoms with Crippen molar-refractivity contribution in [2.75, 3.05) is 13.2 Å². The van der Waals surface area contributed by atoms with Crippen LogP contribution in [0.15, 0.2) is 54.6 Å². The highest BCUT2D eigenvalue weighted by Gasteiger charge is 2.22. The molecule has 208 valence electrons. The van der Waals surface area contributed by atoms with Crippen molar-refractivity contribution in [3.05, 3.63) is 83.4 Å². The maximum atomic E-state index is 15.2. The second kappa shape index (κ2) is 13.8. The van der Waals surface area contributed by atoms with Crippen LogP contribution in [-0.4, -0.2) is 19.3 Å². The van der Waals surface area contributed by atoms with Gasteiger partial charge >= 0.3 is 0 Å². The first kappa shape index (κ1) is 28.9. The lowest BCUT2D eigenvalue weighted by atomic mass is 9.90. The molecular formula is C33H36F4O2. The van der Waals surface area contributed by atoms with Gasteiger partial charge in [-0.25, -0.2) is 13.2 Å². The number of ether oxygens (including phenoxy) is 2. The molecule has 0 saturated heterocycles. The molecule has 1 aliphatic rings. The molecule has 0 saturated carbocycles. The standard InChI is InChI=1S/C33H36F4O2/c1-3-5-7-21-39-29-19-18-28(32(36)33(29)37)23-10-8-22(9-11-23)26-16-17-27(31(35)30(26)34)24-12-14-25(15-13-24)38-20-6-4-2/h8-12,16-19,25H,3-7,13-15,20-21H2,1-2H3. The molecule has 0 aliphatic heterocycles. The molecule has 0 aromatic heterocycles. The summed E-state index contributed by atoms with van der Waals surface area (Å²) < 4.78 is 70.9. The Kier molecular flexibility index (Phi) is 10.2. The third kappa shape index (κ3) is 6.91. The van der Waals surface area contributed by atoms with E-state index >= 15 is 8.78 Å². The predicted molar refractivity (Wildman–Crippen MR) is 149 cm³/mol. The zero-order chi connectivity index (χ0) is 27.8. The van der Waals surface area contributed by atoms with Crippen molar-refractivity contribution in [2.45, 2.75) is 71.3 Å². The number of rotatable bonds is 12. The Labute approximate surface area is 228 Å². The molecule has 0 radical (unpaired) electrons. The molecule has 1 atom stereocenters. The third-order valence-corrected chi connectivity index (χ3v) is 7.20. The zero-order valence-electron chi connectivity index (χ0n) is 22.7. The average Bonchev–Trinajstić information content (AvgIpc) is 2.96. The van der Waals surface area contributed by atoms with Gasteiger partial charge in [-0.05, 0) is 60.9 Å². The number of hydrogen-bond acceptors (Lipinski definition) is 2. The largest absolute Gasteiger partial charge is 0.490 e. The minimum absolute atomic E-state index is 0.0724. The van der Waals surface area contributed by atoms with E-state index < -0.39 is 23.3 Å². The van der Waals surface area contributed by atoms with Crippen LogP contribution in [0.5, 0.6) is 5.75 Å². The van der Waals surface area contributed by atoms with Gasteiger partial charge in [-0.15, -0.1) is 0 Å². The quantitative estimate of drug-likeness (QED) is 0.168. The molecule has 0 spiro atoms. The summed E-state index contributed by atoms with van der Waals surface area (Å²) in [5, 5.41) is 0. The monoisotopic (exact) mass is 540 g/mol. The summed E-state index contributed by atoms with van der Waals surface area (Å²) in [4.78, 5) is 0. The van der Waals surface area contributed by atoms with Gasteiger partial charge in [0.1, 0.15) is 0 Å². The first-order chi connectivity index (χ1) is 18.9. The molecule has 0 bridgehead atoms. The lowest BCUT2D eigenvalue weighted by Crippen LogP contribution is -2.16. The van der Waals surface area contributed by atoms with Gasteiger partial charge in [0.15, 0.2) is 23.2 Å². The van der Waals surface area contributed by atoms with Gasteiger partial charge < -0.3 is 9.47 Å². The van der Waals surface area contributed by atoms with Crippen molar-refractivity contribution < 1.29 is 27.0 Å². The molecule has 3 aromatic rings. The van der Waals surface area contributed by atoms with Gasteiger partial charge in [-0.2, -0.15) is 4.39 Å². The smallest absolute Gasteiger partial charge is 0.201 e. The van der Waals surface area contributed by atoms with E-state index in [0.717, 1.165) is 50.7 Å². The molecule has 6 heteroatoms. The van der Waals surface area contributed by atoms with Crippen molar-refractivity contribution in [2.24, 2.45) is 0 Å². The van der Waals surface area contributed by atoms with E-state index in [0.29, 0.717) is 30.6 Å². The molecule has 4 rings (SSSR count). The summed E-state index contributed by atoms with van der Waals surface area (Å²) in [5.41, 5.74) is 2.12. The van der Waals surface area contributed by atoms with Crippen LogP contribution in [0.4, 0.5) is 17.6 Å². The van der Waals surface area contributed by atoms with E-state index in [2.05, 4.69) is 13.8 Å². The lowest BCUT2D eigenvalue weighted by Gasteiger charge is -2.23. The second-order valence-corrected chi connectivity index (χ2v) is 10.0. The minimum Gasteiger partial charge on any atom is -0.490 e. The number of hydrogen-bond donors (Lipinski definition) is 0. The van der Waals surface area contributed by atoms with Gasteiger partial charge in [0.2, 0.25) is 5.82 Å². The Hall–Kier alpha value is -3.12. The van der Waals surface area contributed by atoms with Crippen LogP contribution < -0.4 is 4.74 Å². The maximum Gasteiger partial charge on any atom is 0.201 e. The van der Waals surface area contributed by atoms with Crippen LogP contribution in [0.25, 0.3) is 27.8 Å². The van der Waals surface area contributed by atoms with E-state index in [1.165, 1.54) is 12.1 Å². The Bertz CT molecular complexity index is 1280. The van der Waals surface area contributed by atoms with Crippen molar-refractivity contribution in [3.63, 3.8) is 0 Å². The van der Waals surface area contributed by atoms with Gasteiger partial charge in [0.25, 0.3) is 0 Å².